The summed E-state index contributed by atoms with van der Waals surface area (Å²) in [6.07, 6.45) is 2.26. The molecule has 28 heavy (non-hydrogen) atoms. The van der Waals surface area contributed by atoms with E-state index in [9.17, 15) is 9.18 Å². The van der Waals surface area contributed by atoms with E-state index in [1.54, 1.807) is 42.5 Å². The van der Waals surface area contributed by atoms with Crippen LogP contribution in [0.25, 0.3) is 0 Å². The zero-order valence-electron chi connectivity index (χ0n) is 14.9. The Balaban J connectivity index is 1.31. The van der Waals surface area contributed by atoms with Gasteiger partial charge in [-0.15, -0.1) is 0 Å². The molecule has 0 spiro atoms. The maximum Gasteiger partial charge on any atom is 0.257 e. The highest BCUT2D eigenvalue weighted by atomic mass is 19.1. The Bertz CT molecular complexity index is 975. The van der Waals surface area contributed by atoms with E-state index in [2.05, 4.69) is 15.6 Å². The molecule has 0 radical (unpaired) electrons. The van der Waals surface area contributed by atoms with Crippen LogP contribution in [-0.4, -0.2) is 24.2 Å². The lowest BCUT2D eigenvalue weighted by Gasteiger charge is -2.08. The number of nitrogens with one attached hydrogen (secondary N) is 2. The van der Waals surface area contributed by atoms with Gasteiger partial charge in [0.25, 0.3) is 5.91 Å². The first-order valence-corrected chi connectivity index (χ1v) is 8.83. The molecule has 3 aromatic rings. The van der Waals surface area contributed by atoms with E-state index in [1.165, 1.54) is 18.3 Å². The van der Waals surface area contributed by atoms with E-state index in [4.69, 9.17) is 9.47 Å². The molecule has 2 heterocycles. The summed E-state index contributed by atoms with van der Waals surface area (Å²) in [6, 6.07) is 15.1. The van der Waals surface area contributed by atoms with Crippen molar-refractivity contribution in [2.24, 2.45) is 0 Å². The van der Waals surface area contributed by atoms with Gasteiger partial charge in [0, 0.05) is 24.5 Å². The summed E-state index contributed by atoms with van der Waals surface area (Å²) in [4.78, 5) is 16.6. The number of pyridine rings is 1. The number of carbonyl (C=O) groups is 1. The van der Waals surface area contributed by atoms with Gasteiger partial charge in [-0.3, -0.25) is 4.79 Å². The van der Waals surface area contributed by atoms with Crippen LogP contribution >= 0.6 is 0 Å². The first kappa shape index (κ1) is 17.8. The Hall–Kier alpha value is -3.61. The molecule has 0 atom stereocenters. The van der Waals surface area contributed by atoms with Crippen molar-refractivity contribution in [3.05, 3.63) is 77.7 Å². The van der Waals surface area contributed by atoms with Gasteiger partial charge in [-0.1, -0.05) is 12.1 Å². The van der Waals surface area contributed by atoms with Crippen LogP contribution in [0.2, 0.25) is 0 Å². The quantitative estimate of drug-likeness (QED) is 0.681. The topological polar surface area (TPSA) is 72.5 Å². The predicted octanol–water partition coefficient (Wildman–Crippen LogP) is 3.86. The number of aromatic nitrogens is 1. The zero-order chi connectivity index (χ0) is 19.3. The van der Waals surface area contributed by atoms with Gasteiger partial charge in [-0.25, -0.2) is 9.37 Å². The summed E-state index contributed by atoms with van der Waals surface area (Å²) in [5.41, 5.74) is 2.10. The maximum absolute atomic E-state index is 12.9. The van der Waals surface area contributed by atoms with Gasteiger partial charge < -0.3 is 20.1 Å². The van der Waals surface area contributed by atoms with Gasteiger partial charge in [0.15, 0.2) is 11.5 Å². The Morgan fingerprint density at radius 1 is 1.04 bits per heavy atom. The number of anilines is 2. The molecule has 0 saturated carbocycles. The van der Waals surface area contributed by atoms with Gasteiger partial charge in [0.1, 0.15) is 11.6 Å². The van der Waals surface area contributed by atoms with Crippen LogP contribution in [0.1, 0.15) is 15.9 Å². The summed E-state index contributed by atoms with van der Waals surface area (Å²) in [6.45, 7) is 0.841. The molecule has 2 aromatic carbocycles. The number of halogens is 1. The summed E-state index contributed by atoms with van der Waals surface area (Å²) in [7, 11) is 0. The van der Waals surface area contributed by atoms with Crippen molar-refractivity contribution >= 4 is 17.4 Å². The molecule has 142 valence electrons. The number of rotatable bonds is 6. The fraction of sp³-hybridized carbons (Fsp3) is 0.143. The molecule has 2 N–H and O–H groups in total. The van der Waals surface area contributed by atoms with Crippen LogP contribution in [0.3, 0.4) is 0 Å². The first-order chi connectivity index (χ1) is 13.7. The highest BCUT2D eigenvalue weighted by Gasteiger charge is 2.14. The van der Waals surface area contributed by atoms with Crippen LogP contribution in [0.15, 0.2) is 60.8 Å². The molecule has 1 aliphatic heterocycles. The Morgan fingerprint density at radius 3 is 2.64 bits per heavy atom. The highest BCUT2D eigenvalue weighted by molar-refractivity contribution is 6.04. The number of benzene rings is 2. The monoisotopic (exact) mass is 379 g/mol. The fourth-order valence-electron chi connectivity index (χ4n) is 2.80. The Labute approximate surface area is 161 Å². The molecular formula is C21H18FN3O3. The van der Waals surface area contributed by atoms with Crippen molar-refractivity contribution in [1.29, 1.82) is 0 Å². The van der Waals surface area contributed by atoms with E-state index >= 15 is 0 Å². The molecule has 7 heteroatoms. The highest BCUT2D eigenvalue weighted by Crippen LogP contribution is 2.34. The van der Waals surface area contributed by atoms with E-state index < -0.39 is 0 Å². The third-order valence-electron chi connectivity index (χ3n) is 4.29. The molecule has 1 aromatic heterocycles. The number of nitrogens with zero attached hydrogens (tertiary/aromatic N) is 1. The molecule has 1 amide bonds. The number of carbonyl (C=O) groups excluding carboxylic acids is 1. The molecule has 0 bridgehead atoms. The number of amides is 1. The van der Waals surface area contributed by atoms with Crippen LogP contribution in [0.4, 0.5) is 15.9 Å². The molecule has 4 rings (SSSR count). The molecule has 0 saturated heterocycles. The number of fused-ring (bicyclic) bond motifs is 1. The average Bonchev–Trinajstić information content (AvgIpc) is 3.18. The van der Waals surface area contributed by atoms with E-state index in [0.29, 0.717) is 35.1 Å². The molecule has 1 aliphatic rings. The number of hydrogen-bond acceptors (Lipinski definition) is 5. The van der Waals surface area contributed by atoms with E-state index in [1.807, 2.05) is 0 Å². The minimum Gasteiger partial charge on any atom is -0.454 e. The van der Waals surface area contributed by atoms with Gasteiger partial charge in [0.05, 0.1) is 5.56 Å². The minimum atomic E-state index is -0.260. The Morgan fingerprint density at radius 2 is 1.86 bits per heavy atom. The van der Waals surface area contributed by atoms with Gasteiger partial charge in [-0.2, -0.15) is 0 Å². The predicted molar refractivity (Wildman–Crippen MR) is 103 cm³/mol. The second-order valence-electron chi connectivity index (χ2n) is 6.26. The molecular weight excluding hydrogens is 361 g/mol. The SMILES string of the molecule is O=C(Nc1ccc2c(c1)OCO2)c1ccc(NCCc2ccc(F)cc2)nc1. The van der Waals surface area contributed by atoms with Crippen LogP contribution < -0.4 is 20.1 Å². The second-order valence-corrected chi connectivity index (χ2v) is 6.26. The van der Waals surface area contributed by atoms with Gasteiger partial charge >= 0.3 is 0 Å². The third kappa shape index (κ3) is 4.20. The summed E-state index contributed by atoms with van der Waals surface area (Å²) >= 11 is 0. The van der Waals surface area contributed by atoms with Crippen LogP contribution in [0, 0.1) is 5.82 Å². The molecule has 6 nitrogen and oxygen atoms in total. The van der Waals surface area contributed by atoms with Crippen molar-refractivity contribution < 1.29 is 18.7 Å². The fourth-order valence-corrected chi connectivity index (χ4v) is 2.80. The van der Waals surface area contributed by atoms with E-state index in [-0.39, 0.29) is 18.5 Å². The van der Waals surface area contributed by atoms with Crippen molar-refractivity contribution in [2.45, 2.75) is 6.42 Å². The van der Waals surface area contributed by atoms with Crippen molar-refractivity contribution in [3.8, 4) is 11.5 Å². The van der Waals surface area contributed by atoms with Crippen molar-refractivity contribution in [3.63, 3.8) is 0 Å². The second kappa shape index (κ2) is 7.96. The number of ether oxygens (including phenoxy) is 2. The average molecular weight is 379 g/mol. The molecule has 0 aliphatic carbocycles. The van der Waals surface area contributed by atoms with E-state index in [0.717, 1.165) is 12.0 Å². The maximum atomic E-state index is 12.9. The lowest BCUT2D eigenvalue weighted by atomic mass is 10.1. The molecule has 0 fully saturated rings. The third-order valence-corrected chi connectivity index (χ3v) is 4.29. The standard InChI is InChI=1S/C21H18FN3O3/c22-16-4-1-14(2-5-16)9-10-23-20-8-3-15(12-24-20)21(26)25-17-6-7-18-19(11-17)28-13-27-18/h1-8,11-12H,9-10,13H2,(H,23,24)(H,25,26). The smallest absolute Gasteiger partial charge is 0.257 e. The summed E-state index contributed by atoms with van der Waals surface area (Å²) < 4.78 is 23.5. The van der Waals surface area contributed by atoms with Crippen LogP contribution in [-0.2, 0) is 6.42 Å². The normalized spacial score (nSPS) is 11.9. The van der Waals surface area contributed by atoms with Crippen LogP contribution in [0.5, 0.6) is 11.5 Å². The Kier molecular flexibility index (Phi) is 5.05. The van der Waals surface area contributed by atoms with Gasteiger partial charge in [-0.05, 0) is 48.4 Å². The lowest BCUT2D eigenvalue weighted by Crippen LogP contribution is -2.13. The summed E-state index contributed by atoms with van der Waals surface area (Å²) in [5, 5.41) is 6.00. The first-order valence-electron chi connectivity index (χ1n) is 8.83. The lowest BCUT2D eigenvalue weighted by molar-refractivity contribution is 0.102. The van der Waals surface area contributed by atoms with Crippen molar-refractivity contribution in [2.75, 3.05) is 24.0 Å². The van der Waals surface area contributed by atoms with Gasteiger partial charge in [0.2, 0.25) is 6.79 Å². The van der Waals surface area contributed by atoms with Crippen molar-refractivity contribution in [1.82, 2.24) is 4.98 Å². The summed E-state index contributed by atoms with van der Waals surface area (Å²) in [5.74, 6) is 1.44. The number of hydrogen-bond donors (Lipinski definition) is 2. The largest absolute Gasteiger partial charge is 0.454 e. The molecule has 0 unspecified atom stereocenters. The zero-order valence-corrected chi connectivity index (χ0v) is 14.9. The minimum absolute atomic E-state index is 0.187.